The first kappa shape index (κ1) is 15.1. The molecule has 0 heterocycles. The summed E-state index contributed by atoms with van der Waals surface area (Å²) in [7, 11) is 2.11. The van der Waals surface area contributed by atoms with Crippen molar-refractivity contribution < 1.29 is 4.39 Å². The van der Waals surface area contributed by atoms with Crippen LogP contribution in [0.15, 0.2) is 24.3 Å². The standard InChI is InChI=1S/C15H25FN2/c1-12(2)17-9-13(3)10-18(4)11-14-5-7-15(16)8-6-14/h5-8,12-13,17H,9-11H2,1-4H3. The molecule has 0 aliphatic heterocycles. The van der Waals surface area contributed by atoms with Crippen LogP contribution < -0.4 is 5.32 Å². The van der Waals surface area contributed by atoms with E-state index < -0.39 is 0 Å². The largest absolute Gasteiger partial charge is 0.314 e. The molecule has 1 atom stereocenters. The minimum absolute atomic E-state index is 0.170. The zero-order chi connectivity index (χ0) is 13.5. The van der Waals surface area contributed by atoms with Gasteiger partial charge >= 0.3 is 0 Å². The van der Waals surface area contributed by atoms with Crippen LogP contribution in [0.25, 0.3) is 0 Å². The van der Waals surface area contributed by atoms with Crippen LogP contribution in [0.1, 0.15) is 26.3 Å². The van der Waals surface area contributed by atoms with Crippen molar-refractivity contribution in [2.75, 3.05) is 20.1 Å². The first-order valence-electron chi connectivity index (χ1n) is 6.63. The Kier molecular flexibility index (Phi) is 6.30. The van der Waals surface area contributed by atoms with Crippen LogP contribution in [-0.4, -0.2) is 31.1 Å². The quantitative estimate of drug-likeness (QED) is 0.802. The van der Waals surface area contributed by atoms with Gasteiger partial charge in [0, 0.05) is 19.1 Å². The number of nitrogens with one attached hydrogen (secondary N) is 1. The SMILES string of the molecule is CC(CNC(C)C)CN(C)Cc1ccc(F)cc1. The lowest BCUT2D eigenvalue weighted by Crippen LogP contribution is -2.33. The van der Waals surface area contributed by atoms with Crippen molar-refractivity contribution in [1.29, 1.82) is 0 Å². The molecule has 1 N–H and O–H groups in total. The minimum Gasteiger partial charge on any atom is -0.314 e. The summed E-state index contributed by atoms with van der Waals surface area (Å²) >= 11 is 0. The van der Waals surface area contributed by atoms with E-state index in [1.54, 1.807) is 0 Å². The van der Waals surface area contributed by atoms with E-state index in [-0.39, 0.29) is 5.82 Å². The van der Waals surface area contributed by atoms with Crippen LogP contribution in [-0.2, 0) is 6.54 Å². The highest BCUT2D eigenvalue weighted by Crippen LogP contribution is 2.07. The molecule has 0 fully saturated rings. The molecule has 18 heavy (non-hydrogen) atoms. The lowest BCUT2D eigenvalue weighted by Gasteiger charge is -2.22. The molecule has 0 aliphatic rings. The van der Waals surface area contributed by atoms with Crippen LogP contribution in [0, 0.1) is 11.7 Å². The van der Waals surface area contributed by atoms with Crippen molar-refractivity contribution in [1.82, 2.24) is 10.2 Å². The molecule has 0 saturated carbocycles. The molecule has 102 valence electrons. The summed E-state index contributed by atoms with van der Waals surface area (Å²) in [6, 6.07) is 7.28. The molecule has 2 nitrogen and oxygen atoms in total. The van der Waals surface area contributed by atoms with E-state index >= 15 is 0 Å². The molecular weight excluding hydrogens is 227 g/mol. The summed E-state index contributed by atoms with van der Waals surface area (Å²) in [5.41, 5.74) is 1.16. The first-order chi connectivity index (χ1) is 8.47. The van der Waals surface area contributed by atoms with Crippen molar-refractivity contribution >= 4 is 0 Å². The van der Waals surface area contributed by atoms with Crippen molar-refractivity contribution in [3.8, 4) is 0 Å². The topological polar surface area (TPSA) is 15.3 Å². The average molecular weight is 252 g/mol. The highest BCUT2D eigenvalue weighted by molar-refractivity contribution is 5.15. The maximum atomic E-state index is 12.8. The summed E-state index contributed by atoms with van der Waals surface area (Å²) in [5.74, 6) is 0.439. The zero-order valence-corrected chi connectivity index (χ0v) is 11.9. The van der Waals surface area contributed by atoms with Gasteiger partial charge in [-0.15, -0.1) is 0 Å². The number of benzene rings is 1. The van der Waals surface area contributed by atoms with Crippen LogP contribution >= 0.6 is 0 Å². The molecule has 1 unspecified atom stereocenters. The maximum absolute atomic E-state index is 12.8. The molecule has 0 aromatic heterocycles. The fourth-order valence-corrected chi connectivity index (χ4v) is 2.00. The summed E-state index contributed by atoms with van der Waals surface area (Å²) < 4.78 is 12.8. The van der Waals surface area contributed by atoms with Gasteiger partial charge in [0.25, 0.3) is 0 Å². The van der Waals surface area contributed by atoms with E-state index in [4.69, 9.17) is 0 Å². The first-order valence-corrected chi connectivity index (χ1v) is 6.63. The van der Waals surface area contributed by atoms with Crippen molar-refractivity contribution in [2.45, 2.75) is 33.4 Å². The Morgan fingerprint density at radius 1 is 1.17 bits per heavy atom. The van der Waals surface area contributed by atoms with Crippen LogP contribution in [0.4, 0.5) is 4.39 Å². The van der Waals surface area contributed by atoms with E-state index in [1.165, 1.54) is 12.1 Å². The van der Waals surface area contributed by atoms with Crippen molar-refractivity contribution in [2.24, 2.45) is 5.92 Å². The van der Waals surface area contributed by atoms with E-state index in [0.29, 0.717) is 12.0 Å². The molecule has 0 spiro atoms. The Morgan fingerprint density at radius 2 is 1.78 bits per heavy atom. The number of hydrogen-bond donors (Lipinski definition) is 1. The molecule has 1 aromatic carbocycles. The predicted molar refractivity (Wildman–Crippen MR) is 75.0 cm³/mol. The Balaban J connectivity index is 2.32. The van der Waals surface area contributed by atoms with E-state index in [1.807, 2.05) is 12.1 Å². The summed E-state index contributed by atoms with van der Waals surface area (Å²) in [4.78, 5) is 2.28. The second kappa shape index (κ2) is 7.49. The molecule has 0 radical (unpaired) electrons. The van der Waals surface area contributed by atoms with Gasteiger partial charge in [-0.2, -0.15) is 0 Å². The van der Waals surface area contributed by atoms with Crippen molar-refractivity contribution in [3.05, 3.63) is 35.6 Å². The minimum atomic E-state index is -0.170. The van der Waals surface area contributed by atoms with Gasteiger partial charge in [-0.25, -0.2) is 4.39 Å². The van der Waals surface area contributed by atoms with E-state index in [9.17, 15) is 4.39 Å². The molecule has 0 aliphatic carbocycles. The van der Waals surface area contributed by atoms with Crippen LogP contribution in [0.5, 0.6) is 0 Å². The van der Waals surface area contributed by atoms with Gasteiger partial charge in [0.1, 0.15) is 5.82 Å². The Hall–Kier alpha value is -0.930. The van der Waals surface area contributed by atoms with Gasteiger partial charge in [-0.05, 0) is 37.2 Å². The second-order valence-electron chi connectivity index (χ2n) is 5.49. The normalized spacial score (nSPS) is 13.3. The van der Waals surface area contributed by atoms with Gasteiger partial charge in [0.15, 0.2) is 0 Å². The van der Waals surface area contributed by atoms with Crippen LogP contribution in [0.3, 0.4) is 0 Å². The summed E-state index contributed by atoms with van der Waals surface area (Å²) in [5, 5.41) is 3.45. The summed E-state index contributed by atoms with van der Waals surface area (Å²) in [6.07, 6.45) is 0. The van der Waals surface area contributed by atoms with Gasteiger partial charge in [0.2, 0.25) is 0 Å². The Labute approximate surface area is 110 Å². The van der Waals surface area contributed by atoms with Gasteiger partial charge in [-0.1, -0.05) is 32.9 Å². The molecule has 3 heteroatoms. The van der Waals surface area contributed by atoms with Crippen molar-refractivity contribution in [3.63, 3.8) is 0 Å². The van der Waals surface area contributed by atoms with Gasteiger partial charge in [-0.3, -0.25) is 0 Å². The van der Waals surface area contributed by atoms with E-state index in [0.717, 1.165) is 25.2 Å². The Bertz CT molecular complexity index is 335. The number of hydrogen-bond acceptors (Lipinski definition) is 2. The highest BCUT2D eigenvalue weighted by Gasteiger charge is 2.07. The highest BCUT2D eigenvalue weighted by atomic mass is 19.1. The fourth-order valence-electron chi connectivity index (χ4n) is 2.00. The smallest absolute Gasteiger partial charge is 0.123 e. The molecule has 1 rings (SSSR count). The average Bonchev–Trinajstić information content (AvgIpc) is 2.29. The molecule has 0 saturated heterocycles. The summed E-state index contributed by atoms with van der Waals surface area (Å²) in [6.45, 7) is 9.51. The number of halogens is 1. The Morgan fingerprint density at radius 3 is 2.33 bits per heavy atom. The molecule has 1 aromatic rings. The third kappa shape index (κ3) is 6.12. The van der Waals surface area contributed by atoms with E-state index in [2.05, 4.69) is 38.0 Å². The molecular formula is C15H25FN2. The second-order valence-corrected chi connectivity index (χ2v) is 5.49. The monoisotopic (exact) mass is 252 g/mol. The number of nitrogens with zero attached hydrogens (tertiary/aromatic N) is 1. The van der Waals surface area contributed by atoms with Gasteiger partial charge < -0.3 is 10.2 Å². The molecule has 0 amide bonds. The van der Waals surface area contributed by atoms with Gasteiger partial charge in [0.05, 0.1) is 0 Å². The third-order valence-electron chi connectivity index (χ3n) is 2.86. The lowest BCUT2D eigenvalue weighted by molar-refractivity contribution is 0.271. The molecule has 0 bridgehead atoms. The number of rotatable bonds is 7. The zero-order valence-electron chi connectivity index (χ0n) is 11.9. The van der Waals surface area contributed by atoms with Crippen LogP contribution in [0.2, 0.25) is 0 Å². The fraction of sp³-hybridized carbons (Fsp3) is 0.600. The lowest BCUT2D eigenvalue weighted by atomic mass is 10.1. The maximum Gasteiger partial charge on any atom is 0.123 e. The third-order valence-corrected chi connectivity index (χ3v) is 2.86. The predicted octanol–water partition coefficient (Wildman–Crippen LogP) is 2.89.